The van der Waals surface area contributed by atoms with E-state index in [0.29, 0.717) is 18.1 Å². The van der Waals surface area contributed by atoms with Gasteiger partial charge in [-0.1, -0.05) is 13.8 Å². The lowest BCUT2D eigenvalue weighted by Gasteiger charge is -2.13. The number of nitrogens with two attached hydrogens (primary N) is 1. The molecule has 0 spiro atoms. The minimum Gasteiger partial charge on any atom is -0.378 e. The molecule has 1 saturated heterocycles. The van der Waals surface area contributed by atoms with Gasteiger partial charge in [-0.25, -0.2) is 9.97 Å². The highest BCUT2D eigenvalue weighted by Gasteiger charge is 2.18. The smallest absolute Gasteiger partial charge is 0.272 e. The zero-order chi connectivity index (χ0) is 15.2. The van der Waals surface area contributed by atoms with Crippen molar-refractivity contribution in [3.05, 3.63) is 17.7 Å². The van der Waals surface area contributed by atoms with Gasteiger partial charge in [-0.05, 0) is 19.3 Å². The van der Waals surface area contributed by atoms with Gasteiger partial charge in [0.05, 0.1) is 18.0 Å². The predicted octanol–water partition coefficient (Wildman–Crippen LogP) is 1.18. The Balaban J connectivity index is 1.97. The Hall–Kier alpha value is -1.73. The van der Waals surface area contributed by atoms with Gasteiger partial charge in [-0.2, -0.15) is 0 Å². The SMILES string of the molecule is CC(C)c1ncc(NN)c(C(=O)NCCC2CCCO2)n1. The topological polar surface area (TPSA) is 102 Å². The number of anilines is 1. The molecule has 1 aliphatic rings. The Morgan fingerprint density at radius 1 is 1.57 bits per heavy atom. The maximum absolute atomic E-state index is 12.2. The van der Waals surface area contributed by atoms with Crippen molar-refractivity contribution in [1.29, 1.82) is 0 Å². The van der Waals surface area contributed by atoms with Crippen LogP contribution in [0.4, 0.5) is 5.69 Å². The Labute approximate surface area is 124 Å². The van der Waals surface area contributed by atoms with Gasteiger partial charge < -0.3 is 15.5 Å². The van der Waals surface area contributed by atoms with Crippen LogP contribution in [0.15, 0.2) is 6.20 Å². The summed E-state index contributed by atoms with van der Waals surface area (Å²) in [5.74, 6) is 5.94. The van der Waals surface area contributed by atoms with E-state index in [0.717, 1.165) is 25.9 Å². The lowest BCUT2D eigenvalue weighted by Crippen LogP contribution is -2.29. The van der Waals surface area contributed by atoms with Crippen LogP contribution in [0.25, 0.3) is 0 Å². The number of carbonyl (C=O) groups is 1. The van der Waals surface area contributed by atoms with Crippen LogP contribution in [0.3, 0.4) is 0 Å². The number of amides is 1. The molecule has 21 heavy (non-hydrogen) atoms. The van der Waals surface area contributed by atoms with Gasteiger partial charge in [-0.3, -0.25) is 10.6 Å². The Kier molecular flexibility index (Phi) is 5.46. The fourth-order valence-electron chi connectivity index (χ4n) is 2.25. The fourth-order valence-corrected chi connectivity index (χ4v) is 2.25. The molecular weight excluding hydrogens is 270 g/mol. The van der Waals surface area contributed by atoms with E-state index < -0.39 is 0 Å². The molecule has 1 aromatic rings. The number of carbonyl (C=O) groups excluding carboxylic acids is 1. The summed E-state index contributed by atoms with van der Waals surface area (Å²) in [7, 11) is 0. The number of hydrogen-bond donors (Lipinski definition) is 3. The monoisotopic (exact) mass is 293 g/mol. The summed E-state index contributed by atoms with van der Waals surface area (Å²) in [6.07, 6.45) is 4.78. The second-order valence-corrected chi connectivity index (χ2v) is 5.47. The fraction of sp³-hybridized carbons (Fsp3) is 0.643. The van der Waals surface area contributed by atoms with Gasteiger partial charge in [0.15, 0.2) is 5.69 Å². The van der Waals surface area contributed by atoms with Crippen LogP contribution in [-0.2, 0) is 4.74 Å². The third-order valence-electron chi connectivity index (χ3n) is 3.47. The number of aromatic nitrogens is 2. The summed E-state index contributed by atoms with van der Waals surface area (Å²) >= 11 is 0. The number of hydrazine groups is 1. The maximum atomic E-state index is 12.2. The van der Waals surface area contributed by atoms with E-state index in [9.17, 15) is 4.79 Å². The van der Waals surface area contributed by atoms with Crippen LogP contribution in [-0.4, -0.2) is 35.1 Å². The molecule has 7 nitrogen and oxygen atoms in total. The standard InChI is InChI=1S/C14H23N5O2/c1-9(2)13-17-8-11(19-15)12(18-13)14(20)16-6-5-10-4-3-7-21-10/h8-10,19H,3-7,15H2,1-2H3,(H,16,20). The average molecular weight is 293 g/mol. The number of rotatable bonds is 6. The quantitative estimate of drug-likeness (QED) is 0.538. The zero-order valence-corrected chi connectivity index (χ0v) is 12.6. The van der Waals surface area contributed by atoms with Crippen LogP contribution in [0.5, 0.6) is 0 Å². The van der Waals surface area contributed by atoms with Crippen molar-refractivity contribution < 1.29 is 9.53 Å². The molecule has 1 aromatic heterocycles. The van der Waals surface area contributed by atoms with Gasteiger partial charge in [0.2, 0.25) is 0 Å². The van der Waals surface area contributed by atoms with Gasteiger partial charge in [0.25, 0.3) is 5.91 Å². The number of ether oxygens (including phenoxy) is 1. The highest BCUT2D eigenvalue weighted by atomic mass is 16.5. The first-order valence-corrected chi connectivity index (χ1v) is 7.35. The normalized spacial score (nSPS) is 18.0. The molecule has 0 aromatic carbocycles. The highest BCUT2D eigenvalue weighted by molar-refractivity contribution is 5.97. The molecule has 0 radical (unpaired) electrons. The van der Waals surface area contributed by atoms with Crippen LogP contribution < -0.4 is 16.6 Å². The summed E-state index contributed by atoms with van der Waals surface area (Å²) in [4.78, 5) is 20.7. The Morgan fingerprint density at radius 2 is 2.38 bits per heavy atom. The summed E-state index contributed by atoms with van der Waals surface area (Å²) in [6, 6.07) is 0. The molecule has 0 saturated carbocycles. The van der Waals surface area contributed by atoms with Crippen LogP contribution in [0, 0.1) is 0 Å². The van der Waals surface area contributed by atoms with Crippen molar-refractivity contribution in [3.8, 4) is 0 Å². The molecule has 2 rings (SSSR count). The Morgan fingerprint density at radius 3 is 3.00 bits per heavy atom. The minimum absolute atomic E-state index is 0.148. The van der Waals surface area contributed by atoms with Crippen molar-refractivity contribution in [2.45, 2.75) is 45.1 Å². The number of nitrogens with zero attached hydrogens (tertiary/aromatic N) is 2. The molecule has 116 valence electrons. The summed E-state index contributed by atoms with van der Waals surface area (Å²) in [6.45, 7) is 5.34. The molecule has 2 heterocycles. The zero-order valence-electron chi connectivity index (χ0n) is 12.6. The highest BCUT2D eigenvalue weighted by Crippen LogP contribution is 2.16. The van der Waals surface area contributed by atoms with Crippen LogP contribution in [0.2, 0.25) is 0 Å². The molecule has 1 atom stereocenters. The van der Waals surface area contributed by atoms with Crippen LogP contribution >= 0.6 is 0 Å². The van der Waals surface area contributed by atoms with Crippen molar-refractivity contribution in [1.82, 2.24) is 15.3 Å². The molecule has 1 aliphatic heterocycles. The van der Waals surface area contributed by atoms with Gasteiger partial charge in [0.1, 0.15) is 5.82 Å². The molecule has 1 unspecified atom stereocenters. The van der Waals surface area contributed by atoms with Crippen molar-refractivity contribution in [2.24, 2.45) is 5.84 Å². The molecule has 0 bridgehead atoms. The summed E-state index contributed by atoms with van der Waals surface area (Å²) in [5, 5.41) is 2.86. The van der Waals surface area contributed by atoms with E-state index >= 15 is 0 Å². The molecular formula is C14H23N5O2. The first kappa shape index (κ1) is 15.7. The first-order chi connectivity index (χ1) is 10.1. The lowest BCUT2D eigenvalue weighted by molar-refractivity contribution is 0.0903. The predicted molar refractivity (Wildman–Crippen MR) is 79.9 cm³/mol. The van der Waals surface area contributed by atoms with E-state index in [1.807, 2.05) is 13.8 Å². The summed E-state index contributed by atoms with van der Waals surface area (Å²) < 4.78 is 5.53. The molecule has 4 N–H and O–H groups in total. The lowest BCUT2D eigenvalue weighted by atomic mass is 10.2. The van der Waals surface area contributed by atoms with Crippen LogP contribution in [0.1, 0.15) is 55.3 Å². The first-order valence-electron chi connectivity index (χ1n) is 7.35. The second kappa shape index (κ2) is 7.33. The molecule has 1 fully saturated rings. The van der Waals surface area contributed by atoms with E-state index in [2.05, 4.69) is 20.7 Å². The van der Waals surface area contributed by atoms with Crippen molar-refractivity contribution >= 4 is 11.6 Å². The summed E-state index contributed by atoms with van der Waals surface area (Å²) in [5.41, 5.74) is 3.17. The largest absolute Gasteiger partial charge is 0.378 e. The van der Waals surface area contributed by atoms with Crippen molar-refractivity contribution in [3.63, 3.8) is 0 Å². The second-order valence-electron chi connectivity index (χ2n) is 5.47. The van der Waals surface area contributed by atoms with Gasteiger partial charge in [-0.15, -0.1) is 0 Å². The molecule has 7 heteroatoms. The van der Waals surface area contributed by atoms with E-state index in [-0.39, 0.29) is 23.6 Å². The number of hydrogen-bond acceptors (Lipinski definition) is 6. The minimum atomic E-state index is -0.245. The Bertz CT molecular complexity index is 486. The maximum Gasteiger partial charge on any atom is 0.272 e. The van der Waals surface area contributed by atoms with E-state index in [4.69, 9.17) is 10.6 Å². The van der Waals surface area contributed by atoms with Gasteiger partial charge in [0, 0.05) is 19.1 Å². The number of nitrogens with one attached hydrogen (secondary N) is 2. The molecule has 0 aliphatic carbocycles. The average Bonchev–Trinajstić information content (AvgIpc) is 2.99. The molecule has 1 amide bonds. The van der Waals surface area contributed by atoms with E-state index in [1.165, 1.54) is 6.20 Å². The van der Waals surface area contributed by atoms with E-state index in [1.54, 1.807) is 0 Å². The van der Waals surface area contributed by atoms with Gasteiger partial charge >= 0.3 is 0 Å². The number of nitrogen functional groups attached to an aromatic ring is 1. The third kappa shape index (κ3) is 4.12. The van der Waals surface area contributed by atoms with Crippen molar-refractivity contribution in [2.75, 3.05) is 18.6 Å². The third-order valence-corrected chi connectivity index (χ3v) is 3.47.